The van der Waals surface area contributed by atoms with Gasteiger partial charge in [-0.2, -0.15) is 0 Å². The van der Waals surface area contributed by atoms with Gasteiger partial charge in [0.2, 0.25) is 0 Å². The molecule has 0 atom stereocenters. The lowest BCUT2D eigenvalue weighted by Crippen LogP contribution is -2.29. The molecule has 1 aromatic carbocycles. The summed E-state index contributed by atoms with van der Waals surface area (Å²) in [4.78, 5) is 54.7. The van der Waals surface area contributed by atoms with Gasteiger partial charge in [-0.15, -0.1) is 6.58 Å². The van der Waals surface area contributed by atoms with Crippen LogP contribution in [0.3, 0.4) is 0 Å². The fourth-order valence-electron chi connectivity index (χ4n) is 3.14. The van der Waals surface area contributed by atoms with E-state index in [0.717, 1.165) is 9.37 Å². The molecule has 1 aliphatic heterocycles. The molecule has 2 amide bonds. The second-order valence-electron chi connectivity index (χ2n) is 6.51. The van der Waals surface area contributed by atoms with Crippen molar-refractivity contribution in [1.82, 2.24) is 14.3 Å². The van der Waals surface area contributed by atoms with Gasteiger partial charge in [-0.1, -0.05) is 6.08 Å². The van der Waals surface area contributed by atoms with Gasteiger partial charge in [0.1, 0.15) is 12.3 Å². The van der Waals surface area contributed by atoms with Crippen molar-refractivity contribution in [3.8, 4) is 0 Å². The molecule has 1 aliphatic rings. The average Bonchev–Trinajstić information content (AvgIpc) is 2.97. The summed E-state index contributed by atoms with van der Waals surface area (Å²) < 4.78 is 7.35. The molecule has 0 N–H and O–H groups in total. The van der Waals surface area contributed by atoms with Crippen LogP contribution in [-0.2, 0) is 11.3 Å². The molecule has 0 fully saturated rings. The number of ether oxygens (including phenoxy) is 1. The second-order valence-corrected chi connectivity index (χ2v) is 7.42. The number of imide groups is 1. The Labute approximate surface area is 178 Å². The Hall–Kier alpha value is -3.59. The molecule has 0 aliphatic carbocycles. The molecule has 2 aromatic heterocycles. The minimum absolute atomic E-state index is 0.0892. The van der Waals surface area contributed by atoms with Crippen molar-refractivity contribution in [1.29, 1.82) is 0 Å². The number of halogens is 1. The van der Waals surface area contributed by atoms with Crippen molar-refractivity contribution in [2.75, 3.05) is 6.54 Å². The largest absolute Gasteiger partial charge is 0.456 e. The zero-order valence-corrected chi connectivity index (χ0v) is 17.1. The number of benzene rings is 1. The number of hydrogen-bond acceptors (Lipinski definition) is 6. The highest BCUT2D eigenvalue weighted by Crippen LogP contribution is 2.24. The van der Waals surface area contributed by atoms with E-state index in [1.807, 2.05) is 0 Å². The van der Waals surface area contributed by atoms with Crippen molar-refractivity contribution in [3.05, 3.63) is 92.5 Å². The van der Waals surface area contributed by atoms with Crippen LogP contribution in [0.5, 0.6) is 0 Å². The molecule has 3 aromatic rings. The summed E-state index contributed by atoms with van der Waals surface area (Å²) in [5.74, 6) is -1.61. The predicted molar refractivity (Wildman–Crippen MR) is 110 cm³/mol. The molecule has 0 radical (unpaired) electrons. The van der Waals surface area contributed by atoms with Crippen molar-refractivity contribution in [3.63, 3.8) is 0 Å². The molecule has 30 heavy (non-hydrogen) atoms. The maximum Gasteiger partial charge on any atom is 0.338 e. The lowest BCUT2D eigenvalue weighted by molar-refractivity contribution is 0.0467. The summed E-state index contributed by atoms with van der Waals surface area (Å²) in [5, 5.41) is 0. The number of carbonyl (C=O) groups is 3. The number of rotatable bonds is 5. The van der Waals surface area contributed by atoms with E-state index >= 15 is 0 Å². The number of carbonyl (C=O) groups excluding carboxylic acids is 3. The van der Waals surface area contributed by atoms with Crippen molar-refractivity contribution in [2.24, 2.45) is 0 Å². The first-order valence-electron chi connectivity index (χ1n) is 8.85. The lowest BCUT2D eigenvalue weighted by atomic mass is 10.1. The first kappa shape index (κ1) is 19.7. The molecule has 150 valence electrons. The van der Waals surface area contributed by atoms with Crippen molar-refractivity contribution >= 4 is 39.4 Å². The normalized spacial score (nSPS) is 12.9. The number of amides is 2. The maximum absolute atomic E-state index is 12.4. The summed E-state index contributed by atoms with van der Waals surface area (Å²) in [6.45, 7) is 3.41. The van der Waals surface area contributed by atoms with E-state index in [-0.39, 0.29) is 35.4 Å². The van der Waals surface area contributed by atoms with Crippen LogP contribution in [0, 0.1) is 0 Å². The highest BCUT2D eigenvalue weighted by atomic mass is 79.9. The smallest absolute Gasteiger partial charge is 0.338 e. The minimum atomic E-state index is -0.696. The first-order chi connectivity index (χ1) is 14.4. The SMILES string of the molecule is C=CCN1C(=O)c2ccc(C(=O)OCc3cc(=O)n4cc(Br)ccc4n3)cc2C1=O. The summed E-state index contributed by atoms with van der Waals surface area (Å²) in [6.07, 6.45) is 3.05. The number of hydrogen-bond donors (Lipinski definition) is 0. The van der Waals surface area contributed by atoms with Crippen LogP contribution < -0.4 is 5.56 Å². The van der Waals surface area contributed by atoms with Crippen LogP contribution in [0.2, 0.25) is 0 Å². The molecule has 0 unspecified atom stereocenters. The number of esters is 1. The van der Waals surface area contributed by atoms with Crippen LogP contribution in [0.1, 0.15) is 36.8 Å². The van der Waals surface area contributed by atoms with E-state index < -0.39 is 17.8 Å². The molecule has 9 heteroatoms. The molecule has 0 bridgehead atoms. The van der Waals surface area contributed by atoms with Gasteiger partial charge in [-0.05, 0) is 46.3 Å². The lowest BCUT2D eigenvalue weighted by Gasteiger charge is -2.09. The van der Waals surface area contributed by atoms with E-state index in [1.165, 1.54) is 34.7 Å². The van der Waals surface area contributed by atoms with E-state index in [0.29, 0.717) is 11.3 Å². The third-order valence-corrected chi connectivity index (χ3v) is 5.01. The third-order valence-electron chi connectivity index (χ3n) is 4.55. The molecule has 8 nitrogen and oxygen atoms in total. The van der Waals surface area contributed by atoms with Crippen LogP contribution in [0.15, 0.2) is 64.5 Å². The van der Waals surface area contributed by atoms with E-state index in [1.54, 1.807) is 18.3 Å². The fourth-order valence-corrected chi connectivity index (χ4v) is 3.47. The Morgan fingerprint density at radius 1 is 1.10 bits per heavy atom. The minimum Gasteiger partial charge on any atom is -0.456 e. The fraction of sp³-hybridized carbons (Fsp3) is 0.0952. The monoisotopic (exact) mass is 467 g/mol. The van der Waals surface area contributed by atoms with E-state index in [2.05, 4.69) is 27.5 Å². The van der Waals surface area contributed by atoms with Crippen LogP contribution in [-0.4, -0.2) is 38.6 Å². The first-order valence-corrected chi connectivity index (χ1v) is 9.64. The topological polar surface area (TPSA) is 98.1 Å². The van der Waals surface area contributed by atoms with Crippen LogP contribution in [0.4, 0.5) is 0 Å². The second kappa shape index (κ2) is 7.68. The van der Waals surface area contributed by atoms with Gasteiger partial charge in [0, 0.05) is 23.3 Å². The van der Waals surface area contributed by atoms with Gasteiger partial charge >= 0.3 is 5.97 Å². The van der Waals surface area contributed by atoms with E-state index in [9.17, 15) is 19.2 Å². The quantitative estimate of drug-likeness (QED) is 0.325. The van der Waals surface area contributed by atoms with Gasteiger partial charge in [-0.25, -0.2) is 9.78 Å². The third kappa shape index (κ3) is 3.43. The number of fused-ring (bicyclic) bond motifs is 2. The van der Waals surface area contributed by atoms with Crippen molar-refractivity contribution < 1.29 is 19.1 Å². The Bertz CT molecular complexity index is 1300. The Kier molecular flexibility index (Phi) is 5.04. The standard InChI is InChI=1S/C21H14BrN3O5/c1-2-7-24-19(27)15-5-3-12(8-16(15)20(24)28)21(29)30-11-14-9-18(26)25-10-13(22)4-6-17(25)23-14/h2-6,8-10H,1,7,11H2. The highest BCUT2D eigenvalue weighted by molar-refractivity contribution is 9.10. The average molecular weight is 468 g/mol. The van der Waals surface area contributed by atoms with Gasteiger partial charge in [-0.3, -0.25) is 23.7 Å². The van der Waals surface area contributed by atoms with Crippen LogP contribution in [0.25, 0.3) is 5.65 Å². The molecular formula is C21H14BrN3O5. The number of nitrogens with zero attached hydrogens (tertiary/aromatic N) is 3. The van der Waals surface area contributed by atoms with Gasteiger partial charge in [0.05, 0.1) is 22.4 Å². The van der Waals surface area contributed by atoms with Gasteiger partial charge < -0.3 is 4.74 Å². The molecular weight excluding hydrogens is 454 g/mol. The highest BCUT2D eigenvalue weighted by Gasteiger charge is 2.35. The summed E-state index contributed by atoms with van der Waals surface area (Å²) in [7, 11) is 0. The molecule has 0 saturated carbocycles. The zero-order valence-electron chi connectivity index (χ0n) is 15.5. The molecule has 3 heterocycles. The Morgan fingerprint density at radius 2 is 1.87 bits per heavy atom. The van der Waals surface area contributed by atoms with Gasteiger partial charge in [0.25, 0.3) is 17.4 Å². The maximum atomic E-state index is 12.4. The Morgan fingerprint density at radius 3 is 2.63 bits per heavy atom. The molecule has 4 rings (SSSR count). The summed E-state index contributed by atoms with van der Waals surface area (Å²) >= 11 is 3.29. The van der Waals surface area contributed by atoms with Gasteiger partial charge in [0.15, 0.2) is 0 Å². The summed E-state index contributed by atoms with van der Waals surface area (Å²) in [5.41, 5.74) is 0.895. The number of aromatic nitrogens is 2. The number of pyridine rings is 1. The zero-order chi connectivity index (χ0) is 21.4. The van der Waals surface area contributed by atoms with Crippen molar-refractivity contribution in [2.45, 2.75) is 6.61 Å². The summed E-state index contributed by atoms with van der Waals surface area (Å²) in [6, 6.07) is 8.87. The van der Waals surface area contributed by atoms with E-state index in [4.69, 9.17) is 4.74 Å². The Balaban J connectivity index is 1.53. The van der Waals surface area contributed by atoms with Crippen LogP contribution >= 0.6 is 15.9 Å². The predicted octanol–water partition coefficient (Wildman–Crippen LogP) is 2.60. The molecule has 0 saturated heterocycles. The molecule has 0 spiro atoms.